The quantitative estimate of drug-likeness (QED) is 0.0262. The zero-order chi connectivity index (χ0) is 50.7. The molecule has 0 aromatic rings. The zero-order valence-corrected chi connectivity index (χ0v) is 45.8. The molecule has 0 rings (SSSR count). The monoisotopic (exact) mass is 973 g/mol. The molecular weight excluding hydrogens is 865 g/mol. The van der Waals surface area contributed by atoms with E-state index in [0.717, 1.165) is 96.3 Å². The van der Waals surface area contributed by atoms with Crippen LogP contribution in [0.25, 0.3) is 0 Å². The van der Waals surface area contributed by atoms with Gasteiger partial charge in [-0.3, -0.25) is 14.4 Å². The van der Waals surface area contributed by atoms with Gasteiger partial charge in [0.05, 0.1) is 0 Å². The predicted octanol–water partition coefficient (Wildman–Crippen LogP) is 19.7. The summed E-state index contributed by atoms with van der Waals surface area (Å²) >= 11 is 0. The molecule has 0 aromatic heterocycles. The summed E-state index contributed by atoms with van der Waals surface area (Å²) in [6.45, 7) is 6.40. The highest BCUT2D eigenvalue weighted by atomic mass is 16.6. The summed E-state index contributed by atoms with van der Waals surface area (Å²) in [4.78, 5) is 38.1. The third-order valence-electron chi connectivity index (χ3n) is 12.3. The third kappa shape index (κ3) is 55.3. The van der Waals surface area contributed by atoms with E-state index in [4.69, 9.17) is 14.2 Å². The number of unbranched alkanes of at least 4 members (excludes halogenated alkanes) is 25. The summed E-state index contributed by atoms with van der Waals surface area (Å²) in [5.41, 5.74) is 0. The van der Waals surface area contributed by atoms with E-state index in [9.17, 15) is 14.4 Å². The highest BCUT2D eigenvalue weighted by Gasteiger charge is 2.19. The number of esters is 3. The molecule has 1 unspecified atom stereocenters. The van der Waals surface area contributed by atoms with Gasteiger partial charge in [-0.05, 0) is 103 Å². The molecule has 0 radical (unpaired) electrons. The van der Waals surface area contributed by atoms with Crippen LogP contribution in [0.15, 0.2) is 97.2 Å². The van der Waals surface area contributed by atoms with E-state index in [0.29, 0.717) is 19.3 Å². The average Bonchev–Trinajstić information content (AvgIpc) is 3.36. The van der Waals surface area contributed by atoms with Crippen molar-refractivity contribution in [3.63, 3.8) is 0 Å². The first-order chi connectivity index (χ1) is 34.5. The molecule has 6 heteroatoms. The molecule has 0 amide bonds. The number of carbonyl (C=O) groups is 3. The number of ether oxygens (including phenoxy) is 3. The van der Waals surface area contributed by atoms with Gasteiger partial charge in [-0.1, -0.05) is 246 Å². The third-order valence-corrected chi connectivity index (χ3v) is 12.3. The van der Waals surface area contributed by atoms with E-state index in [2.05, 4.69) is 112 Å². The van der Waals surface area contributed by atoms with Crippen LogP contribution in [0.4, 0.5) is 0 Å². The summed E-state index contributed by atoms with van der Waals surface area (Å²) in [6, 6.07) is 0. The van der Waals surface area contributed by atoms with Gasteiger partial charge in [-0.2, -0.15) is 0 Å². The minimum atomic E-state index is -0.814. The second-order valence-electron chi connectivity index (χ2n) is 19.2. The summed E-state index contributed by atoms with van der Waals surface area (Å²) < 4.78 is 16.8. The highest BCUT2D eigenvalue weighted by molar-refractivity contribution is 5.71. The van der Waals surface area contributed by atoms with Gasteiger partial charge >= 0.3 is 17.9 Å². The van der Waals surface area contributed by atoms with Gasteiger partial charge < -0.3 is 14.2 Å². The lowest BCUT2D eigenvalue weighted by Gasteiger charge is -2.18. The molecule has 0 aliphatic heterocycles. The van der Waals surface area contributed by atoms with E-state index in [-0.39, 0.29) is 37.5 Å². The molecule has 0 fully saturated rings. The maximum absolute atomic E-state index is 12.8. The van der Waals surface area contributed by atoms with Gasteiger partial charge in [0, 0.05) is 19.3 Å². The summed E-state index contributed by atoms with van der Waals surface area (Å²) in [5.74, 6) is -1.00. The Morgan fingerprint density at radius 1 is 0.300 bits per heavy atom. The van der Waals surface area contributed by atoms with Crippen LogP contribution >= 0.6 is 0 Å². The van der Waals surface area contributed by atoms with E-state index in [1.54, 1.807) is 0 Å². The second-order valence-corrected chi connectivity index (χ2v) is 19.2. The number of allylic oxidation sites excluding steroid dienone is 16. The van der Waals surface area contributed by atoms with Gasteiger partial charge in [-0.25, -0.2) is 0 Å². The maximum atomic E-state index is 12.8. The summed E-state index contributed by atoms with van der Waals surface area (Å²) in [6.07, 6.45) is 77.1. The van der Waals surface area contributed by atoms with Crippen molar-refractivity contribution in [2.75, 3.05) is 13.2 Å². The Balaban J connectivity index is 4.33. The Hall–Kier alpha value is -3.67. The predicted molar refractivity (Wildman–Crippen MR) is 302 cm³/mol. The van der Waals surface area contributed by atoms with Crippen LogP contribution in [0.5, 0.6) is 0 Å². The van der Waals surface area contributed by atoms with Crippen molar-refractivity contribution in [1.82, 2.24) is 0 Å². The zero-order valence-electron chi connectivity index (χ0n) is 45.8. The van der Waals surface area contributed by atoms with Gasteiger partial charge in [0.1, 0.15) is 13.2 Å². The minimum Gasteiger partial charge on any atom is -0.462 e. The minimum absolute atomic E-state index is 0.106. The molecule has 0 saturated heterocycles. The van der Waals surface area contributed by atoms with Crippen molar-refractivity contribution in [3.8, 4) is 0 Å². The van der Waals surface area contributed by atoms with Crippen molar-refractivity contribution < 1.29 is 28.6 Å². The van der Waals surface area contributed by atoms with E-state index in [1.165, 1.54) is 128 Å². The number of rotatable bonds is 52. The van der Waals surface area contributed by atoms with Crippen LogP contribution in [0, 0.1) is 0 Å². The van der Waals surface area contributed by atoms with Crippen molar-refractivity contribution in [2.45, 2.75) is 277 Å². The maximum Gasteiger partial charge on any atom is 0.306 e. The average molecular weight is 974 g/mol. The van der Waals surface area contributed by atoms with Gasteiger partial charge in [0.2, 0.25) is 0 Å². The lowest BCUT2D eigenvalue weighted by Crippen LogP contribution is -2.30. The molecule has 0 saturated carbocycles. The Labute approximate surface area is 432 Å². The number of hydrogen-bond donors (Lipinski definition) is 0. The fraction of sp³-hybridized carbons (Fsp3) is 0.703. The molecule has 0 N–H and O–H groups in total. The number of carbonyl (C=O) groups excluding carboxylic acids is 3. The first-order valence-electron chi connectivity index (χ1n) is 29.2. The smallest absolute Gasteiger partial charge is 0.306 e. The van der Waals surface area contributed by atoms with E-state index < -0.39 is 6.10 Å². The molecule has 0 aliphatic carbocycles. The van der Waals surface area contributed by atoms with E-state index in [1.807, 2.05) is 6.08 Å². The van der Waals surface area contributed by atoms with Crippen LogP contribution in [-0.2, 0) is 28.6 Å². The molecule has 6 nitrogen and oxygen atoms in total. The Bertz CT molecular complexity index is 1400. The van der Waals surface area contributed by atoms with Crippen molar-refractivity contribution in [3.05, 3.63) is 97.2 Å². The highest BCUT2D eigenvalue weighted by Crippen LogP contribution is 2.15. The molecule has 0 bridgehead atoms. The molecule has 0 aromatic carbocycles. The van der Waals surface area contributed by atoms with Crippen LogP contribution in [-0.4, -0.2) is 37.2 Å². The molecule has 70 heavy (non-hydrogen) atoms. The Kier molecular flexibility index (Phi) is 54.9. The van der Waals surface area contributed by atoms with Crippen LogP contribution in [0.1, 0.15) is 271 Å². The normalized spacial score (nSPS) is 12.8. The van der Waals surface area contributed by atoms with E-state index >= 15 is 0 Å². The number of hydrogen-bond acceptors (Lipinski definition) is 6. The van der Waals surface area contributed by atoms with Gasteiger partial charge in [-0.15, -0.1) is 0 Å². The van der Waals surface area contributed by atoms with Gasteiger partial charge in [0.15, 0.2) is 6.10 Å². The molecule has 1 atom stereocenters. The first kappa shape index (κ1) is 66.3. The lowest BCUT2D eigenvalue weighted by atomic mass is 10.0. The SMILES string of the molecule is CC/C=C\C/C=C\C/C=C\C/C=C\CCC(=O)OCC(COC(=O)CCCCCCCCCCCCCCC/C=C\C/C=C\CCCCCCC)OC(=O)CCCCCCC/C=C\C/C=C\CCCC. The standard InChI is InChI=1S/C64H108O6/c1-4-7-10-13-16-19-22-25-27-28-29-30-31-32-33-34-35-36-37-40-42-45-48-51-54-57-63(66)69-60-61(59-68-62(65)56-53-50-47-44-41-38-24-21-18-15-12-9-6-3)70-64(67)58-55-52-49-46-43-39-26-23-20-17-14-11-8-5-2/h9,12,14,17-18,21-23,25-26,28-29,38,41,47,50,61H,4-8,10-11,13,15-16,19-20,24,27,30-37,39-40,42-46,48-49,51-60H2,1-3H3/b12-9-,17-14-,21-18-,25-22-,26-23-,29-28-,41-38-,50-47-. The Morgan fingerprint density at radius 2 is 0.600 bits per heavy atom. The molecule has 0 heterocycles. The first-order valence-corrected chi connectivity index (χ1v) is 29.2. The molecule has 0 aliphatic rings. The van der Waals surface area contributed by atoms with Crippen LogP contribution in [0.3, 0.4) is 0 Å². The van der Waals surface area contributed by atoms with Crippen LogP contribution < -0.4 is 0 Å². The van der Waals surface area contributed by atoms with Crippen molar-refractivity contribution in [2.24, 2.45) is 0 Å². The summed E-state index contributed by atoms with van der Waals surface area (Å²) in [5, 5.41) is 0. The topological polar surface area (TPSA) is 78.9 Å². The van der Waals surface area contributed by atoms with Crippen molar-refractivity contribution >= 4 is 17.9 Å². The Morgan fingerprint density at radius 3 is 1.00 bits per heavy atom. The molecule has 0 spiro atoms. The second kappa shape index (κ2) is 57.9. The largest absolute Gasteiger partial charge is 0.462 e. The fourth-order valence-corrected chi connectivity index (χ4v) is 7.91. The molecular formula is C64H108O6. The molecule has 400 valence electrons. The van der Waals surface area contributed by atoms with Gasteiger partial charge in [0.25, 0.3) is 0 Å². The van der Waals surface area contributed by atoms with Crippen LogP contribution in [0.2, 0.25) is 0 Å². The fourth-order valence-electron chi connectivity index (χ4n) is 7.91. The summed E-state index contributed by atoms with van der Waals surface area (Å²) in [7, 11) is 0. The van der Waals surface area contributed by atoms with Crippen molar-refractivity contribution in [1.29, 1.82) is 0 Å². The lowest BCUT2D eigenvalue weighted by molar-refractivity contribution is -0.166.